The molecule has 0 aliphatic heterocycles. The monoisotopic (exact) mass is 260 g/mol. The van der Waals surface area contributed by atoms with Gasteiger partial charge in [0.25, 0.3) is 0 Å². The van der Waals surface area contributed by atoms with Gasteiger partial charge in [0, 0.05) is 17.1 Å². The Balaban J connectivity index is 2.03. The Bertz CT molecular complexity index is 713. The van der Waals surface area contributed by atoms with E-state index >= 15 is 0 Å². The highest BCUT2D eigenvalue weighted by atomic mass is 32.1. The van der Waals surface area contributed by atoms with Crippen LogP contribution in [0.25, 0.3) is 10.2 Å². The molecule has 1 aromatic carbocycles. The zero-order chi connectivity index (χ0) is 12.5. The number of thiophene rings is 1. The van der Waals surface area contributed by atoms with E-state index < -0.39 is 5.82 Å². The van der Waals surface area contributed by atoms with E-state index in [1.54, 1.807) is 12.1 Å². The van der Waals surface area contributed by atoms with Crippen molar-refractivity contribution in [3.8, 4) is 11.6 Å². The lowest BCUT2D eigenvalue weighted by atomic mass is 10.3. The average Bonchev–Trinajstić information content (AvgIpc) is 2.82. The van der Waals surface area contributed by atoms with Gasteiger partial charge in [-0.2, -0.15) is 0 Å². The highest BCUT2D eigenvalue weighted by Crippen LogP contribution is 2.30. The van der Waals surface area contributed by atoms with E-state index in [1.165, 1.54) is 29.8 Å². The average molecular weight is 260 g/mol. The van der Waals surface area contributed by atoms with Crippen LogP contribution in [0.5, 0.6) is 11.6 Å². The molecule has 6 heteroatoms. The lowest BCUT2D eigenvalue weighted by Crippen LogP contribution is -1.93. The van der Waals surface area contributed by atoms with Crippen LogP contribution in [0, 0.1) is 11.2 Å². The van der Waals surface area contributed by atoms with Crippen LogP contribution in [0.15, 0.2) is 30.6 Å². The Morgan fingerprint density at radius 1 is 1.33 bits per heavy atom. The highest BCUT2D eigenvalue weighted by molar-refractivity contribution is 7.16. The Morgan fingerprint density at radius 3 is 3.06 bits per heavy atom. The zero-order valence-corrected chi connectivity index (χ0v) is 9.87. The maximum atomic E-state index is 13.6. The predicted molar refractivity (Wildman–Crippen MR) is 67.1 cm³/mol. The first-order chi connectivity index (χ1) is 8.74. The summed E-state index contributed by atoms with van der Waals surface area (Å²) in [5.74, 6) is -0.141. The fraction of sp³-hybridized carbons (Fsp3) is 0. The number of anilines is 1. The summed E-state index contributed by atoms with van der Waals surface area (Å²) >= 11 is 1.35. The summed E-state index contributed by atoms with van der Waals surface area (Å²) in [4.78, 5) is 8.80. The van der Waals surface area contributed by atoms with Crippen molar-refractivity contribution in [2.45, 2.75) is 0 Å². The van der Waals surface area contributed by atoms with E-state index in [0.717, 1.165) is 4.83 Å². The highest BCUT2D eigenvalue weighted by Gasteiger charge is 2.10. The second-order valence-corrected chi connectivity index (χ2v) is 4.38. The van der Waals surface area contributed by atoms with Gasteiger partial charge in [0.05, 0.1) is 5.39 Å². The summed E-state index contributed by atoms with van der Waals surface area (Å²) in [6, 6.07) is 5.95. The number of nitrogens with two attached hydrogens (primary N) is 1. The number of benzene rings is 1. The van der Waals surface area contributed by atoms with Gasteiger partial charge in [0.1, 0.15) is 11.2 Å². The van der Waals surface area contributed by atoms with Gasteiger partial charge in [0.15, 0.2) is 11.6 Å². The topological polar surface area (TPSA) is 61.0 Å². The van der Waals surface area contributed by atoms with Crippen molar-refractivity contribution in [1.29, 1.82) is 0 Å². The molecule has 0 aliphatic rings. The number of ether oxygens (including phenoxy) is 1. The molecule has 18 heavy (non-hydrogen) atoms. The number of hydrogen-bond donors (Lipinski definition) is 1. The fourth-order valence-corrected chi connectivity index (χ4v) is 2.14. The Hall–Kier alpha value is -2.21. The van der Waals surface area contributed by atoms with Crippen LogP contribution >= 0.6 is 11.3 Å². The van der Waals surface area contributed by atoms with Crippen molar-refractivity contribution >= 4 is 27.2 Å². The number of nitrogens with zero attached hydrogens (tertiary/aromatic N) is 2. The summed E-state index contributed by atoms with van der Waals surface area (Å²) in [7, 11) is 0. The number of rotatable bonds is 2. The van der Waals surface area contributed by atoms with E-state index in [1.807, 2.05) is 0 Å². The van der Waals surface area contributed by atoms with Gasteiger partial charge in [-0.15, -0.1) is 11.3 Å². The molecule has 1 radical (unpaired) electrons. The molecule has 3 rings (SSSR count). The van der Waals surface area contributed by atoms with Crippen molar-refractivity contribution in [3.63, 3.8) is 0 Å². The van der Waals surface area contributed by atoms with Gasteiger partial charge in [-0.05, 0) is 18.2 Å². The molecule has 3 aromatic rings. The van der Waals surface area contributed by atoms with Crippen LogP contribution in [-0.4, -0.2) is 9.97 Å². The summed E-state index contributed by atoms with van der Waals surface area (Å²) in [6.07, 6.45) is 1.37. The maximum absolute atomic E-state index is 13.6. The van der Waals surface area contributed by atoms with E-state index in [2.05, 4.69) is 15.3 Å². The molecule has 0 aliphatic carbocycles. The number of hydrogen-bond acceptors (Lipinski definition) is 5. The quantitative estimate of drug-likeness (QED) is 0.719. The van der Waals surface area contributed by atoms with Crippen molar-refractivity contribution in [1.82, 2.24) is 9.97 Å². The molecule has 2 N–H and O–H groups in total. The fourth-order valence-electron chi connectivity index (χ4n) is 1.50. The number of fused-ring (bicyclic) bond motifs is 1. The third-order valence-corrected chi connectivity index (χ3v) is 3.09. The van der Waals surface area contributed by atoms with Gasteiger partial charge in [-0.25, -0.2) is 14.4 Å². The lowest BCUT2D eigenvalue weighted by molar-refractivity contribution is 0.432. The number of nitrogen functional groups attached to an aromatic ring is 1. The van der Waals surface area contributed by atoms with Gasteiger partial charge in [0.2, 0.25) is 5.88 Å². The first-order valence-corrected chi connectivity index (χ1v) is 5.89. The molecule has 0 bridgehead atoms. The van der Waals surface area contributed by atoms with E-state index in [4.69, 9.17) is 10.5 Å². The maximum Gasteiger partial charge on any atom is 0.231 e. The smallest absolute Gasteiger partial charge is 0.231 e. The molecule has 4 nitrogen and oxygen atoms in total. The second-order valence-electron chi connectivity index (χ2n) is 3.55. The van der Waals surface area contributed by atoms with Crippen LogP contribution in [0.4, 0.5) is 10.1 Å². The molecule has 0 unspecified atom stereocenters. The van der Waals surface area contributed by atoms with Crippen LogP contribution in [0.2, 0.25) is 0 Å². The molecular weight excluding hydrogens is 253 g/mol. The molecular formula is C12H7FN3OS. The Kier molecular flexibility index (Phi) is 2.56. The van der Waals surface area contributed by atoms with Gasteiger partial charge >= 0.3 is 0 Å². The van der Waals surface area contributed by atoms with Crippen LogP contribution < -0.4 is 10.5 Å². The molecule has 0 amide bonds. The molecule has 0 saturated heterocycles. The Morgan fingerprint density at radius 2 is 2.22 bits per heavy atom. The summed E-state index contributed by atoms with van der Waals surface area (Å²) < 4.78 is 19.0. The molecule has 0 saturated carbocycles. The van der Waals surface area contributed by atoms with Crippen molar-refractivity contribution in [2.75, 3.05) is 5.73 Å². The summed E-state index contributed by atoms with van der Waals surface area (Å²) in [5, 5.41) is 3.64. The van der Waals surface area contributed by atoms with Gasteiger partial charge < -0.3 is 10.5 Å². The number of halogens is 1. The second kappa shape index (κ2) is 4.23. The van der Waals surface area contributed by atoms with Gasteiger partial charge in [-0.3, -0.25) is 0 Å². The minimum absolute atomic E-state index is 0.0791. The first-order valence-electron chi connectivity index (χ1n) is 5.07. The molecule has 2 heterocycles. The molecule has 0 fully saturated rings. The standard InChI is InChI=1S/C12H7FN3OS/c13-9-5-7(14)1-2-10(9)17-11-8-3-4-18-12(8)16-6-15-11/h1-3,5-6H,14H2. The molecule has 89 valence electrons. The molecule has 2 aromatic heterocycles. The van der Waals surface area contributed by atoms with Crippen LogP contribution in [0.1, 0.15) is 0 Å². The minimum atomic E-state index is -0.527. The Labute approximate surface area is 106 Å². The SMILES string of the molecule is Nc1ccc(Oc2ncnc3s[c]cc23)c(F)c1. The normalized spacial score (nSPS) is 10.7. The zero-order valence-electron chi connectivity index (χ0n) is 9.05. The summed E-state index contributed by atoms with van der Waals surface area (Å²) in [5.41, 5.74) is 5.81. The van der Waals surface area contributed by atoms with E-state index in [-0.39, 0.29) is 5.75 Å². The first kappa shape index (κ1) is 10.9. The van der Waals surface area contributed by atoms with Gasteiger partial charge in [-0.1, -0.05) is 0 Å². The molecule has 0 atom stereocenters. The lowest BCUT2D eigenvalue weighted by Gasteiger charge is -2.06. The van der Waals surface area contributed by atoms with Crippen LogP contribution in [-0.2, 0) is 0 Å². The molecule has 0 spiro atoms. The van der Waals surface area contributed by atoms with E-state index in [0.29, 0.717) is 17.0 Å². The summed E-state index contributed by atoms with van der Waals surface area (Å²) in [6.45, 7) is 0. The van der Waals surface area contributed by atoms with Crippen molar-refractivity contribution < 1.29 is 9.13 Å². The van der Waals surface area contributed by atoms with Crippen LogP contribution in [0.3, 0.4) is 0 Å². The third kappa shape index (κ3) is 1.86. The minimum Gasteiger partial charge on any atom is -0.435 e. The van der Waals surface area contributed by atoms with E-state index in [9.17, 15) is 4.39 Å². The predicted octanol–water partition coefficient (Wildman–Crippen LogP) is 3.01. The number of aromatic nitrogens is 2. The van der Waals surface area contributed by atoms with Crippen molar-refractivity contribution in [3.05, 3.63) is 41.8 Å². The third-order valence-electron chi connectivity index (χ3n) is 2.33. The van der Waals surface area contributed by atoms with Crippen molar-refractivity contribution in [2.24, 2.45) is 0 Å². The largest absolute Gasteiger partial charge is 0.435 e.